The molecule has 6 nitrogen and oxygen atoms in total. The van der Waals surface area contributed by atoms with Crippen LogP contribution in [0.15, 0.2) is 71.6 Å². The molecule has 2 atom stereocenters. The van der Waals surface area contributed by atoms with Crippen LogP contribution < -0.4 is 5.32 Å². The highest BCUT2D eigenvalue weighted by molar-refractivity contribution is 6.05. The molecule has 0 saturated carbocycles. The lowest BCUT2D eigenvalue weighted by atomic mass is 9.73. The zero-order chi connectivity index (χ0) is 27.3. The molecule has 37 heavy (non-hydrogen) atoms. The Labute approximate surface area is 211 Å². The molecule has 1 aliphatic heterocycles. The fourth-order valence-corrected chi connectivity index (χ4v) is 4.25. The highest BCUT2D eigenvalue weighted by Crippen LogP contribution is 2.46. The van der Waals surface area contributed by atoms with Gasteiger partial charge in [0, 0.05) is 29.0 Å². The molecule has 1 aliphatic rings. The Morgan fingerprint density at radius 3 is 2.19 bits per heavy atom. The number of halogens is 4. The van der Waals surface area contributed by atoms with E-state index in [0.717, 1.165) is 24.3 Å². The van der Waals surface area contributed by atoms with Crippen LogP contribution in [0.4, 0.5) is 17.6 Å². The molecule has 0 aromatic heterocycles. The lowest BCUT2D eigenvalue weighted by Crippen LogP contribution is -2.41. The van der Waals surface area contributed by atoms with Crippen molar-refractivity contribution in [3.05, 3.63) is 94.1 Å². The van der Waals surface area contributed by atoms with Gasteiger partial charge in [-0.1, -0.05) is 18.2 Å². The summed E-state index contributed by atoms with van der Waals surface area (Å²) in [5, 5.41) is 2.83. The molecule has 1 N–H and O–H groups in total. The van der Waals surface area contributed by atoms with Crippen molar-refractivity contribution < 1.29 is 41.4 Å². The number of allylic oxidation sites excluding steroid dienone is 2. The summed E-state index contributed by atoms with van der Waals surface area (Å²) in [7, 11) is 0. The van der Waals surface area contributed by atoms with Gasteiger partial charge in [-0.05, 0) is 56.7 Å². The monoisotopic (exact) mass is 519 g/mol. The Bertz CT molecular complexity index is 1250. The van der Waals surface area contributed by atoms with E-state index in [9.17, 15) is 31.9 Å². The summed E-state index contributed by atoms with van der Waals surface area (Å²) >= 11 is 0. The lowest BCUT2D eigenvalue weighted by molar-refractivity contribution is -0.149. The van der Waals surface area contributed by atoms with Crippen molar-refractivity contribution in [1.29, 1.82) is 0 Å². The van der Waals surface area contributed by atoms with E-state index in [-0.39, 0.29) is 41.3 Å². The van der Waals surface area contributed by atoms with Crippen LogP contribution in [-0.4, -0.2) is 30.9 Å². The summed E-state index contributed by atoms with van der Waals surface area (Å²) in [4.78, 5) is 39.2. The van der Waals surface area contributed by atoms with Gasteiger partial charge in [-0.25, -0.2) is 9.18 Å². The third-order valence-corrected chi connectivity index (χ3v) is 5.77. The fraction of sp³-hybridized carbons (Fsp3) is 0.296. The van der Waals surface area contributed by atoms with Crippen LogP contribution >= 0.6 is 0 Å². The van der Waals surface area contributed by atoms with Crippen LogP contribution in [0.3, 0.4) is 0 Å². The minimum atomic E-state index is -4.80. The zero-order valence-electron chi connectivity index (χ0n) is 20.3. The summed E-state index contributed by atoms with van der Waals surface area (Å²) in [6.45, 7) is 4.34. The molecule has 2 aromatic rings. The van der Waals surface area contributed by atoms with Crippen molar-refractivity contribution in [3.8, 4) is 0 Å². The molecule has 0 bridgehead atoms. The number of alkyl halides is 3. The maximum atomic E-state index is 14.1. The molecular formula is C27H25F4NO5. The van der Waals surface area contributed by atoms with Gasteiger partial charge in [0.1, 0.15) is 11.7 Å². The molecular weight excluding hydrogens is 494 g/mol. The average Bonchev–Trinajstić information content (AvgIpc) is 2.83. The van der Waals surface area contributed by atoms with Crippen LogP contribution in [0.2, 0.25) is 0 Å². The van der Waals surface area contributed by atoms with Crippen LogP contribution in [-0.2, 0) is 25.2 Å². The highest BCUT2D eigenvalue weighted by Gasteiger charge is 2.47. The van der Waals surface area contributed by atoms with Gasteiger partial charge in [-0.2, -0.15) is 13.2 Å². The molecule has 1 heterocycles. The van der Waals surface area contributed by atoms with E-state index >= 15 is 0 Å². The highest BCUT2D eigenvalue weighted by atomic mass is 19.4. The number of nitrogens with one attached hydrogen (secondary N) is 1. The van der Waals surface area contributed by atoms with Crippen molar-refractivity contribution in [3.63, 3.8) is 0 Å². The van der Waals surface area contributed by atoms with Gasteiger partial charge in [0.25, 0.3) is 0 Å². The largest absolute Gasteiger partial charge is 0.465 e. The summed E-state index contributed by atoms with van der Waals surface area (Å²) < 4.78 is 65.8. The molecule has 0 radical (unpaired) electrons. The molecule has 0 spiro atoms. The summed E-state index contributed by atoms with van der Waals surface area (Å²) in [5.74, 6) is -6.05. The van der Waals surface area contributed by atoms with Crippen LogP contribution in [0.5, 0.6) is 0 Å². The van der Waals surface area contributed by atoms with Crippen molar-refractivity contribution >= 4 is 17.7 Å². The maximum Gasteiger partial charge on any atom is 0.416 e. The topological polar surface area (TPSA) is 81.7 Å². The second kappa shape index (κ2) is 11.4. The van der Waals surface area contributed by atoms with Crippen LogP contribution in [0, 0.1) is 11.7 Å². The molecule has 0 saturated heterocycles. The minimum Gasteiger partial charge on any atom is -0.465 e. The third kappa shape index (κ3) is 6.07. The summed E-state index contributed by atoms with van der Waals surface area (Å²) in [5.41, 5.74) is -1.46. The van der Waals surface area contributed by atoms with E-state index in [0.29, 0.717) is 0 Å². The minimum absolute atomic E-state index is 0.0565. The Balaban J connectivity index is 2.29. The molecule has 0 unspecified atom stereocenters. The fourth-order valence-electron chi connectivity index (χ4n) is 4.25. The van der Waals surface area contributed by atoms with Crippen molar-refractivity contribution in [1.82, 2.24) is 5.32 Å². The summed E-state index contributed by atoms with van der Waals surface area (Å²) in [6, 6.07) is 9.22. The Kier molecular flexibility index (Phi) is 8.52. The number of carbonyl (C=O) groups is 3. The Morgan fingerprint density at radius 1 is 0.973 bits per heavy atom. The van der Waals surface area contributed by atoms with Crippen molar-refractivity contribution in [2.75, 3.05) is 13.2 Å². The number of esters is 2. The van der Waals surface area contributed by atoms with Gasteiger partial charge in [0.15, 0.2) is 5.78 Å². The predicted molar refractivity (Wildman–Crippen MR) is 126 cm³/mol. The molecule has 10 heteroatoms. The molecule has 0 fully saturated rings. The van der Waals surface area contributed by atoms with E-state index in [4.69, 9.17) is 9.47 Å². The van der Waals surface area contributed by atoms with E-state index in [1.807, 2.05) is 0 Å². The second-order valence-corrected chi connectivity index (χ2v) is 8.15. The lowest BCUT2D eigenvalue weighted by Gasteiger charge is -2.36. The maximum absolute atomic E-state index is 14.1. The Hall–Kier alpha value is -3.95. The second-order valence-electron chi connectivity index (χ2n) is 8.15. The van der Waals surface area contributed by atoms with E-state index < -0.39 is 47.1 Å². The normalized spacial score (nSPS) is 18.8. The quantitative estimate of drug-likeness (QED) is 0.231. The first kappa shape index (κ1) is 27.6. The standard InChI is InChI=1S/C27H25F4NO5/c1-4-36-25(34)22-15(3)32-20(14-21(33)16-10-12-17(28)13-11-16)24(26(35)37-5-2)23(22)18-8-6-7-9-19(18)27(29,30)31/h6-14,23-24,32H,4-5H2,1-3H3/b20-14-/t23-,24-/m0/s1. The van der Waals surface area contributed by atoms with Crippen LogP contribution in [0.25, 0.3) is 0 Å². The number of rotatable bonds is 7. The van der Waals surface area contributed by atoms with E-state index in [2.05, 4.69) is 5.32 Å². The van der Waals surface area contributed by atoms with Crippen molar-refractivity contribution in [2.45, 2.75) is 32.9 Å². The summed E-state index contributed by atoms with van der Waals surface area (Å²) in [6.07, 6.45) is -3.76. The van der Waals surface area contributed by atoms with Gasteiger partial charge in [-0.15, -0.1) is 0 Å². The van der Waals surface area contributed by atoms with Gasteiger partial charge < -0.3 is 14.8 Å². The number of carbonyl (C=O) groups excluding carboxylic acids is 3. The Morgan fingerprint density at radius 2 is 1.59 bits per heavy atom. The number of ketones is 1. The van der Waals surface area contributed by atoms with E-state index in [1.54, 1.807) is 0 Å². The van der Waals surface area contributed by atoms with Gasteiger partial charge >= 0.3 is 18.1 Å². The smallest absolute Gasteiger partial charge is 0.416 e. The van der Waals surface area contributed by atoms with Gasteiger partial charge in [-0.3, -0.25) is 9.59 Å². The van der Waals surface area contributed by atoms with Gasteiger partial charge in [0.05, 0.1) is 24.4 Å². The third-order valence-electron chi connectivity index (χ3n) is 5.77. The number of hydrogen-bond acceptors (Lipinski definition) is 6. The van der Waals surface area contributed by atoms with E-state index in [1.165, 1.54) is 51.1 Å². The van der Waals surface area contributed by atoms with Crippen LogP contribution in [0.1, 0.15) is 48.2 Å². The zero-order valence-corrected chi connectivity index (χ0v) is 20.3. The first-order chi connectivity index (χ1) is 17.5. The first-order valence-electron chi connectivity index (χ1n) is 11.5. The SMILES string of the molecule is CCOC(=O)C1=C(C)N/C(=C\C(=O)c2ccc(F)cc2)[C@H](C(=O)OCC)[C@H]1c1ccccc1C(F)(F)F. The molecule has 2 aromatic carbocycles. The van der Waals surface area contributed by atoms with Gasteiger partial charge in [0.2, 0.25) is 0 Å². The molecule has 0 amide bonds. The molecule has 3 rings (SSSR count). The molecule has 0 aliphatic carbocycles. The average molecular weight is 519 g/mol. The number of benzene rings is 2. The molecule has 196 valence electrons. The first-order valence-corrected chi connectivity index (χ1v) is 11.5. The number of ether oxygens (including phenoxy) is 2. The number of hydrogen-bond donors (Lipinski definition) is 1. The predicted octanol–water partition coefficient (Wildman–Crippen LogP) is 5.31. The van der Waals surface area contributed by atoms with Crippen molar-refractivity contribution in [2.24, 2.45) is 5.92 Å².